The van der Waals surface area contributed by atoms with Gasteiger partial charge in [-0.3, -0.25) is 0 Å². The minimum absolute atomic E-state index is 0.227. The van der Waals surface area contributed by atoms with E-state index in [9.17, 15) is 0 Å². The molecule has 0 radical (unpaired) electrons. The number of para-hydroxylation sites is 1. The third-order valence-electron chi connectivity index (χ3n) is 12.2. The molecule has 248 valence electrons. The molecule has 1 aliphatic heterocycles. The lowest BCUT2D eigenvalue weighted by atomic mass is 9.86. The Kier molecular flexibility index (Phi) is 6.59. The van der Waals surface area contributed by atoms with E-state index in [-0.39, 0.29) is 6.04 Å². The third kappa shape index (κ3) is 4.43. The van der Waals surface area contributed by atoms with Crippen LogP contribution in [0.15, 0.2) is 132 Å². The highest BCUT2D eigenvalue weighted by Gasteiger charge is 2.40. The summed E-state index contributed by atoms with van der Waals surface area (Å²) in [6.45, 7) is 0. The molecule has 3 heterocycles. The lowest BCUT2D eigenvalue weighted by Crippen LogP contribution is -2.40. The monoisotopic (exact) mass is 660 g/mol. The predicted molar refractivity (Wildman–Crippen MR) is 211 cm³/mol. The number of rotatable bonds is 4. The van der Waals surface area contributed by atoms with Crippen molar-refractivity contribution in [3.8, 4) is 0 Å². The van der Waals surface area contributed by atoms with Crippen LogP contribution in [0.25, 0.3) is 40.0 Å². The Bertz CT molecular complexity index is 2580. The second-order valence-corrected chi connectivity index (χ2v) is 14.8. The summed E-state index contributed by atoms with van der Waals surface area (Å²) in [5.41, 5.74) is 17.5. The van der Waals surface area contributed by atoms with Gasteiger partial charge in [-0.1, -0.05) is 115 Å². The maximum Gasteiger partial charge on any atom is 0.155 e. The lowest BCUT2D eigenvalue weighted by molar-refractivity contribution is 0.556. The number of aromatic nitrogens is 1. The van der Waals surface area contributed by atoms with Gasteiger partial charge in [0.05, 0.1) is 17.8 Å². The molecule has 3 atom stereocenters. The second kappa shape index (κ2) is 11.5. The molecule has 0 saturated carbocycles. The molecule has 3 nitrogen and oxygen atoms in total. The fourth-order valence-corrected chi connectivity index (χ4v) is 9.94. The van der Waals surface area contributed by atoms with Gasteiger partial charge < -0.3 is 13.9 Å². The maximum atomic E-state index is 6.84. The minimum Gasteiger partial charge on any atom is -0.454 e. The number of anilines is 1. The molecule has 3 unspecified atom stereocenters. The van der Waals surface area contributed by atoms with Crippen molar-refractivity contribution < 1.29 is 4.42 Å². The molecule has 0 N–H and O–H groups in total. The van der Waals surface area contributed by atoms with Gasteiger partial charge in [0.25, 0.3) is 0 Å². The van der Waals surface area contributed by atoms with Crippen molar-refractivity contribution in [2.45, 2.75) is 62.9 Å². The summed E-state index contributed by atoms with van der Waals surface area (Å²) in [6, 6.07) is 27.5. The van der Waals surface area contributed by atoms with Crippen LogP contribution in [0.1, 0.15) is 83.3 Å². The van der Waals surface area contributed by atoms with E-state index < -0.39 is 0 Å². The maximum absolute atomic E-state index is 6.84. The van der Waals surface area contributed by atoms with Crippen molar-refractivity contribution in [2.75, 3.05) is 4.90 Å². The van der Waals surface area contributed by atoms with Crippen molar-refractivity contribution in [3.63, 3.8) is 0 Å². The molecule has 51 heavy (non-hydrogen) atoms. The quantitative estimate of drug-likeness (QED) is 0.191. The summed E-state index contributed by atoms with van der Waals surface area (Å²) in [7, 11) is 0. The van der Waals surface area contributed by atoms with E-state index in [1.807, 2.05) is 0 Å². The molecule has 3 heteroatoms. The van der Waals surface area contributed by atoms with Crippen LogP contribution in [-0.2, 0) is 12.8 Å². The number of furan rings is 1. The van der Waals surface area contributed by atoms with Gasteiger partial charge in [0.1, 0.15) is 5.58 Å². The average molecular weight is 661 g/mol. The molecule has 0 saturated heterocycles. The van der Waals surface area contributed by atoms with Crippen LogP contribution in [0, 0.1) is 0 Å². The van der Waals surface area contributed by atoms with Gasteiger partial charge in [0.15, 0.2) is 5.42 Å². The van der Waals surface area contributed by atoms with E-state index in [2.05, 4.69) is 149 Å². The Morgan fingerprint density at radius 2 is 1.55 bits per heavy atom. The first-order valence-electron chi connectivity index (χ1n) is 18.9. The van der Waals surface area contributed by atoms with Crippen LogP contribution in [0.5, 0.6) is 0 Å². The Morgan fingerprint density at radius 1 is 0.686 bits per heavy atom. The number of hydrogen-bond donors (Lipinski definition) is 0. The molecular formula is C48H40N2O. The van der Waals surface area contributed by atoms with Crippen LogP contribution < -0.4 is 15.5 Å². The van der Waals surface area contributed by atoms with Crippen molar-refractivity contribution in [2.24, 2.45) is 0 Å². The Balaban J connectivity index is 1.06. The molecular weight excluding hydrogens is 621 g/mol. The molecule has 0 bridgehead atoms. The summed E-state index contributed by atoms with van der Waals surface area (Å²) >= 11 is 0. The topological polar surface area (TPSA) is 21.3 Å². The molecule has 11 rings (SSSR count). The number of benzene rings is 3. The van der Waals surface area contributed by atoms with E-state index >= 15 is 0 Å². The van der Waals surface area contributed by atoms with Crippen LogP contribution in [0.2, 0.25) is 0 Å². The number of allylic oxidation sites excluding steroid dienone is 8. The van der Waals surface area contributed by atoms with Gasteiger partial charge in [-0.25, -0.2) is 0 Å². The molecule has 5 aromatic rings. The number of nitrogens with zero attached hydrogens (tertiary/aromatic N) is 2. The van der Waals surface area contributed by atoms with Crippen molar-refractivity contribution in [1.29, 1.82) is 0 Å². The molecule has 0 spiro atoms. The van der Waals surface area contributed by atoms with Crippen molar-refractivity contribution in [1.82, 2.24) is 4.57 Å². The van der Waals surface area contributed by atoms with Crippen LogP contribution >= 0.6 is 0 Å². The van der Waals surface area contributed by atoms with Gasteiger partial charge in [0.2, 0.25) is 0 Å². The smallest absolute Gasteiger partial charge is 0.155 e. The SMILES string of the molecule is C1=CCC(n2c3c(c4c2CCC(c2ccc5c(c2)C2C=CC=CC2N5C2=c5oc6ccccc6c5=C(c5ccccc5)CC2)=C4)C=CCC3)C=C1. The highest BCUT2D eigenvalue weighted by Crippen LogP contribution is 2.49. The van der Waals surface area contributed by atoms with E-state index in [4.69, 9.17) is 4.42 Å². The van der Waals surface area contributed by atoms with E-state index in [1.54, 1.807) is 0 Å². The molecule has 6 aliphatic rings. The zero-order chi connectivity index (χ0) is 33.5. The fraction of sp³-hybridized carbons (Fsp3) is 0.208. The highest BCUT2D eigenvalue weighted by atomic mass is 16.3. The largest absolute Gasteiger partial charge is 0.454 e. The normalized spacial score (nSPS) is 22.5. The predicted octanol–water partition coefficient (Wildman–Crippen LogP) is 9.94. The van der Waals surface area contributed by atoms with E-state index in [1.165, 1.54) is 72.3 Å². The summed E-state index contributed by atoms with van der Waals surface area (Å²) in [4.78, 5) is 2.62. The zero-order valence-electron chi connectivity index (χ0n) is 28.8. The standard InChI is InChI=1S/C48H40N2O/c1-3-13-31(14-4-1)35-25-28-45(48-47(35)38-19-9-12-22-46(38)51-48)50-42-21-11-8-18-37(42)40-30-33(24-27-44(40)50)32-23-26-43-39(29-32)36-17-7-10-20-41(36)49(43)34-15-5-2-6-16-34/h1-9,11-15,17-19,21-22,24,27,29-30,34,37,42H,10,16,20,23,25-26,28H2. The van der Waals surface area contributed by atoms with Crippen LogP contribution in [0.4, 0.5) is 5.69 Å². The Morgan fingerprint density at radius 3 is 2.47 bits per heavy atom. The number of hydrogen-bond acceptors (Lipinski definition) is 2. The lowest BCUT2D eigenvalue weighted by Gasteiger charge is -2.31. The summed E-state index contributed by atoms with van der Waals surface area (Å²) in [5.74, 6) is 0.299. The van der Waals surface area contributed by atoms with E-state index in [0.29, 0.717) is 12.0 Å². The molecule has 5 aliphatic carbocycles. The van der Waals surface area contributed by atoms with Gasteiger partial charge in [-0.05, 0) is 97.1 Å². The molecule has 0 fully saturated rings. The van der Waals surface area contributed by atoms with Crippen molar-refractivity contribution in [3.05, 3.63) is 177 Å². The second-order valence-electron chi connectivity index (χ2n) is 14.8. The fourth-order valence-electron chi connectivity index (χ4n) is 9.94. The summed E-state index contributed by atoms with van der Waals surface area (Å²) < 4.78 is 9.53. The first kappa shape index (κ1) is 29.2. The highest BCUT2D eigenvalue weighted by molar-refractivity contribution is 5.91. The Hall–Kier alpha value is -5.54. The van der Waals surface area contributed by atoms with Crippen LogP contribution in [-0.4, -0.2) is 10.6 Å². The third-order valence-corrected chi connectivity index (χ3v) is 12.2. The van der Waals surface area contributed by atoms with Crippen LogP contribution in [0.3, 0.4) is 0 Å². The number of fused-ring (bicyclic) bond motifs is 9. The van der Waals surface area contributed by atoms with Gasteiger partial charge in [0, 0.05) is 44.7 Å². The minimum atomic E-state index is 0.227. The molecule has 2 aromatic heterocycles. The zero-order valence-corrected chi connectivity index (χ0v) is 28.8. The molecule has 0 amide bonds. The first-order chi connectivity index (χ1) is 25.3. The average Bonchev–Trinajstić information content (AvgIpc) is 3.86. The summed E-state index contributed by atoms with van der Waals surface area (Å²) in [6.07, 6.45) is 33.1. The van der Waals surface area contributed by atoms with Gasteiger partial charge >= 0.3 is 0 Å². The first-order valence-corrected chi connectivity index (χ1v) is 18.9. The Labute approximate surface area is 298 Å². The van der Waals surface area contributed by atoms with Crippen molar-refractivity contribution >= 4 is 45.7 Å². The summed E-state index contributed by atoms with van der Waals surface area (Å²) in [5, 5.41) is 2.47. The van der Waals surface area contributed by atoms with Gasteiger partial charge in [-0.2, -0.15) is 0 Å². The van der Waals surface area contributed by atoms with Gasteiger partial charge in [-0.15, -0.1) is 0 Å². The molecule has 3 aromatic carbocycles. The van der Waals surface area contributed by atoms with E-state index in [0.717, 1.165) is 55.9 Å².